The number of ether oxygens (including phenoxy) is 3. The lowest BCUT2D eigenvalue weighted by atomic mass is 10.1. The zero-order valence-corrected chi connectivity index (χ0v) is 18.1. The number of hydrogen-bond donors (Lipinski definition) is 1. The number of furan rings is 1. The van der Waals surface area contributed by atoms with Crippen LogP contribution in [0.15, 0.2) is 16.5 Å². The second-order valence-corrected chi connectivity index (χ2v) is 6.67. The Morgan fingerprint density at radius 3 is 2.07 bits per heavy atom. The zero-order valence-electron chi connectivity index (χ0n) is 18.1. The van der Waals surface area contributed by atoms with Gasteiger partial charge in [-0.2, -0.15) is 0 Å². The molecule has 8 heteroatoms. The van der Waals surface area contributed by atoms with Crippen LogP contribution in [0.5, 0.6) is 5.75 Å². The number of aryl methyl sites for hydroxylation is 3. The van der Waals surface area contributed by atoms with Crippen LogP contribution in [0.25, 0.3) is 0 Å². The van der Waals surface area contributed by atoms with Gasteiger partial charge in [0.05, 0.1) is 13.2 Å². The minimum atomic E-state index is -0.793. The third-order valence-corrected chi connectivity index (χ3v) is 4.52. The van der Waals surface area contributed by atoms with Crippen molar-refractivity contribution in [1.82, 2.24) is 0 Å². The van der Waals surface area contributed by atoms with Crippen molar-refractivity contribution < 1.29 is 33.0 Å². The van der Waals surface area contributed by atoms with E-state index in [-0.39, 0.29) is 42.6 Å². The Labute approximate surface area is 175 Å². The molecule has 0 aliphatic heterocycles. The molecule has 30 heavy (non-hydrogen) atoms. The highest BCUT2D eigenvalue weighted by Gasteiger charge is 2.31. The summed E-state index contributed by atoms with van der Waals surface area (Å²) in [7, 11) is 0. The number of esters is 2. The first-order chi connectivity index (χ1) is 14.2. The number of rotatable bonds is 8. The van der Waals surface area contributed by atoms with Gasteiger partial charge in [-0.1, -0.05) is 12.1 Å². The summed E-state index contributed by atoms with van der Waals surface area (Å²) in [5.41, 5.74) is 2.63. The number of hydrogen-bond acceptors (Lipinski definition) is 7. The topological polar surface area (TPSA) is 104 Å². The van der Waals surface area contributed by atoms with E-state index in [4.69, 9.17) is 18.6 Å². The fourth-order valence-corrected chi connectivity index (χ4v) is 2.93. The summed E-state index contributed by atoms with van der Waals surface area (Å²) >= 11 is 0. The van der Waals surface area contributed by atoms with Crippen molar-refractivity contribution in [1.29, 1.82) is 0 Å². The first kappa shape index (κ1) is 23.0. The molecule has 1 aromatic carbocycles. The molecule has 1 amide bonds. The van der Waals surface area contributed by atoms with Gasteiger partial charge in [-0.15, -0.1) is 0 Å². The van der Waals surface area contributed by atoms with Gasteiger partial charge in [0.25, 0.3) is 5.91 Å². The van der Waals surface area contributed by atoms with Crippen molar-refractivity contribution in [3.05, 3.63) is 45.7 Å². The third kappa shape index (κ3) is 5.00. The maximum absolute atomic E-state index is 12.5. The second-order valence-electron chi connectivity index (χ2n) is 6.67. The molecule has 0 unspecified atom stereocenters. The van der Waals surface area contributed by atoms with Crippen LogP contribution in [0, 0.1) is 27.7 Å². The van der Waals surface area contributed by atoms with Crippen LogP contribution in [-0.2, 0) is 14.3 Å². The zero-order chi connectivity index (χ0) is 22.4. The minimum absolute atomic E-state index is 0.0723. The Bertz CT molecular complexity index is 959. The number of nitrogens with one attached hydrogen (secondary N) is 1. The van der Waals surface area contributed by atoms with Gasteiger partial charge >= 0.3 is 11.9 Å². The molecule has 2 aromatic rings. The fraction of sp³-hybridized carbons (Fsp3) is 0.409. The molecule has 0 aliphatic rings. The van der Waals surface area contributed by atoms with Gasteiger partial charge in [-0.05, 0) is 58.2 Å². The van der Waals surface area contributed by atoms with E-state index >= 15 is 0 Å². The summed E-state index contributed by atoms with van der Waals surface area (Å²) in [5.74, 6) is -1.49. The smallest absolute Gasteiger partial charge is 0.344 e. The summed E-state index contributed by atoms with van der Waals surface area (Å²) < 4.78 is 21.2. The van der Waals surface area contributed by atoms with Gasteiger partial charge in [0, 0.05) is 0 Å². The maximum Gasteiger partial charge on any atom is 0.344 e. The fourth-order valence-electron chi connectivity index (χ4n) is 2.93. The Morgan fingerprint density at radius 1 is 0.900 bits per heavy atom. The summed E-state index contributed by atoms with van der Waals surface area (Å²) in [4.78, 5) is 37.2. The Hall–Kier alpha value is -3.29. The van der Waals surface area contributed by atoms with Crippen LogP contribution in [0.2, 0.25) is 0 Å². The van der Waals surface area contributed by atoms with E-state index in [0.29, 0.717) is 5.75 Å². The number of carbonyl (C=O) groups is 3. The third-order valence-electron chi connectivity index (χ3n) is 4.52. The minimum Gasteiger partial charge on any atom is -0.483 e. The molecule has 0 aliphatic carbocycles. The summed E-state index contributed by atoms with van der Waals surface area (Å²) in [5, 5.41) is 2.49. The molecule has 0 atom stereocenters. The van der Waals surface area contributed by atoms with E-state index in [1.54, 1.807) is 13.8 Å². The Morgan fingerprint density at radius 2 is 1.47 bits per heavy atom. The van der Waals surface area contributed by atoms with Gasteiger partial charge in [-0.25, -0.2) is 9.59 Å². The Balaban J connectivity index is 2.26. The van der Waals surface area contributed by atoms with Crippen molar-refractivity contribution in [3.63, 3.8) is 0 Å². The average Bonchev–Trinajstić information content (AvgIpc) is 3.01. The lowest BCUT2D eigenvalue weighted by Gasteiger charge is -2.13. The van der Waals surface area contributed by atoms with Crippen molar-refractivity contribution in [2.75, 3.05) is 25.1 Å². The van der Waals surface area contributed by atoms with E-state index in [1.807, 2.05) is 32.9 Å². The van der Waals surface area contributed by atoms with Crippen LogP contribution >= 0.6 is 0 Å². The number of amides is 1. The van der Waals surface area contributed by atoms with Gasteiger partial charge in [0.2, 0.25) is 5.88 Å². The summed E-state index contributed by atoms with van der Waals surface area (Å²) in [6.45, 7) is 10.4. The Kier molecular flexibility index (Phi) is 7.63. The number of benzene rings is 1. The van der Waals surface area contributed by atoms with Gasteiger partial charge in [0.15, 0.2) is 6.61 Å². The standard InChI is InChI=1S/C22H27NO7/c1-7-27-21(25)17-15(6)30-20(18(17)22(26)28-8-2)23-16(24)11-29-19-13(4)10-9-12(3)14(19)5/h9-10H,7-8,11H2,1-6H3,(H,23,24). The predicted molar refractivity (Wildman–Crippen MR) is 110 cm³/mol. The molecule has 0 radical (unpaired) electrons. The average molecular weight is 417 g/mol. The summed E-state index contributed by atoms with van der Waals surface area (Å²) in [6.07, 6.45) is 0. The number of anilines is 1. The highest BCUT2D eigenvalue weighted by molar-refractivity contribution is 6.09. The molecule has 162 valence electrons. The maximum atomic E-state index is 12.5. The van der Waals surface area contributed by atoms with E-state index in [0.717, 1.165) is 16.7 Å². The van der Waals surface area contributed by atoms with Crippen molar-refractivity contribution in [3.8, 4) is 5.75 Å². The van der Waals surface area contributed by atoms with Crippen LogP contribution in [-0.4, -0.2) is 37.7 Å². The van der Waals surface area contributed by atoms with E-state index < -0.39 is 17.8 Å². The first-order valence-electron chi connectivity index (χ1n) is 9.68. The van der Waals surface area contributed by atoms with E-state index in [2.05, 4.69) is 5.32 Å². The van der Waals surface area contributed by atoms with Crippen LogP contribution in [0.3, 0.4) is 0 Å². The monoisotopic (exact) mass is 417 g/mol. The molecule has 0 fully saturated rings. The first-order valence-corrected chi connectivity index (χ1v) is 9.68. The highest BCUT2D eigenvalue weighted by atomic mass is 16.5. The molecule has 1 aromatic heterocycles. The molecule has 2 rings (SSSR count). The highest BCUT2D eigenvalue weighted by Crippen LogP contribution is 2.29. The molecule has 0 saturated carbocycles. The van der Waals surface area contributed by atoms with Crippen molar-refractivity contribution >= 4 is 23.7 Å². The molecule has 8 nitrogen and oxygen atoms in total. The SMILES string of the molecule is CCOC(=O)c1c(C)oc(NC(=O)COc2c(C)ccc(C)c2C)c1C(=O)OCC. The van der Waals surface area contributed by atoms with E-state index in [1.165, 1.54) is 6.92 Å². The molecule has 1 N–H and O–H groups in total. The number of carbonyl (C=O) groups excluding carboxylic acids is 3. The molecule has 0 spiro atoms. The molecular weight excluding hydrogens is 390 g/mol. The molecule has 0 saturated heterocycles. The second kappa shape index (κ2) is 9.96. The van der Waals surface area contributed by atoms with Crippen molar-refractivity contribution in [2.24, 2.45) is 0 Å². The largest absolute Gasteiger partial charge is 0.483 e. The summed E-state index contributed by atoms with van der Waals surface area (Å²) in [6, 6.07) is 3.89. The lowest BCUT2D eigenvalue weighted by molar-refractivity contribution is -0.118. The van der Waals surface area contributed by atoms with Gasteiger partial charge in [-0.3, -0.25) is 10.1 Å². The lowest BCUT2D eigenvalue weighted by Crippen LogP contribution is -2.22. The van der Waals surface area contributed by atoms with Crippen molar-refractivity contribution in [2.45, 2.75) is 41.5 Å². The predicted octanol–water partition coefficient (Wildman–Crippen LogP) is 3.88. The quantitative estimate of drug-likeness (QED) is 0.650. The molecular formula is C22H27NO7. The van der Waals surface area contributed by atoms with Crippen LogP contribution in [0.4, 0.5) is 5.88 Å². The normalized spacial score (nSPS) is 10.5. The molecule has 1 heterocycles. The van der Waals surface area contributed by atoms with Gasteiger partial charge in [0.1, 0.15) is 22.6 Å². The molecule has 0 bridgehead atoms. The van der Waals surface area contributed by atoms with Crippen LogP contribution < -0.4 is 10.1 Å². The van der Waals surface area contributed by atoms with Gasteiger partial charge < -0.3 is 18.6 Å². The van der Waals surface area contributed by atoms with Crippen LogP contribution in [0.1, 0.15) is 57.0 Å². The van der Waals surface area contributed by atoms with E-state index in [9.17, 15) is 14.4 Å².